The van der Waals surface area contributed by atoms with Crippen LogP contribution in [0.1, 0.15) is 51.5 Å². The van der Waals surface area contributed by atoms with E-state index >= 15 is 0 Å². The van der Waals surface area contributed by atoms with Crippen molar-refractivity contribution < 1.29 is 32.6 Å². The summed E-state index contributed by atoms with van der Waals surface area (Å²) in [5.74, 6) is 2.39. The maximum Gasteiger partial charge on any atom is 0.243 e. The lowest BCUT2D eigenvalue weighted by atomic mass is 10.2. The Kier molecular flexibility index (Phi) is 8.74. The van der Waals surface area contributed by atoms with Gasteiger partial charge in [-0.05, 0) is 51.3 Å². The molecule has 1 aliphatic carbocycles. The summed E-state index contributed by atoms with van der Waals surface area (Å²) in [6.45, 7) is 4.26. The Morgan fingerprint density at radius 2 is 2.09 bits per heavy atom. The van der Waals surface area contributed by atoms with Gasteiger partial charge < -0.3 is 19.8 Å². The molecule has 0 radical (unpaired) electrons. The molecule has 35 heavy (non-hydrogen) atoms. The number of nitrogens with one attached hydrogen (secondary N) is 1. The van der Waals surface area contributed by atoms with E-state index in [0.717, 1.165) is 12.1 Å². The van der Waals surface area contributed by atoms with Crippen LogP contribution in [0.4, 0.5) is 8.78 Å². The summed E-state index contributed by atoms with van der Waals surface area (Å²) < 4.78 is 47.3. The van der Waals surface area contributed by atoms with Crippen molar-refractivity contribution in [1.82, 2.24) is 10.2 Å². The zero-order chi connectivity index (χ0) is 25.6. The molecule has 1 saturated carbocycles. The molecule has 10 heteroatoms. The molecule has 1 heterocycles. The highest BCUT2D eigenvalue weighted by molar-refractivity contribution is 7.59. The maximum absolute atomic E-state index is 14.3. The van der Waals surface area contributed by atoms with Gasteiger partial charge in [-0.25, -0.2) is 8.78 Å². The number of nitrogens with zero attached hydrogens (tertiary/aromatic N) is 1. The van der Waals surface area contributed by atoms with Crippen molar-refractivity contribution >= 4 is 19.2 Å². The van der Waals surface area contributed by atoms with Crippen LogP contribution < -0.4 is 5.32 Å². The molecule has 0 bridgehead atoms. The molecule has 1 unspecified atom stereocenters. The van der Waals surface area contributed by atoms with E-state index in [1.165, 1.54) is 17.2 Å². The summed E-state index contributed by atoms with van der Waals surface area (Å²) >= 11 is 0. The SMILES string of the molecule is CC#CCCC(=O)N1CCC[C@H]1C(=O)N[C@]1(P(=O)(O)Cc2c(F)cccc2F)C[C@H]1/C=C\OCC. The van der Waals surface area contributed by atoms with Crippen molar-refractivity contribution in [3.63, 3.8) is 0 Å². The number of likely N-dealkylation sites (tertiary alicyclic amines) is 1. The van der Waals surface area contributed by atoms with Crippen molar-refractivity contribution in [2.45, 2.75) is 63.4 Å². The van der Waals surface area contributed by atoms with Gasteiger partial charge in [0.15, 0.2) is 0 Å². The molecule has 3 rings (SSSR count). The zero-order valence-electron chi connectivity index (χ0n) is 19.9. The monoisotopic (exact) mass is 508 g/mol. The second-order valence-corrected chi connectivity index (χ2v) is 11.3. The number of carbonyl (C=O) groups is 2. The predicted molar refractivity (Wildman–Crippen MR) is 127 cm³/mol. The summed E-state index contributed by atoms with van der Waals surface area (Å²) in [5.41, 5.74) is -0.499. The van der Waals surface area contributed by atoms with Gasteiger partial charge in [0.25, 0.3) is 0 Å². The molecule has 1 aromatic carbocycles. The summed E-state index contributed by atoms with van der Waals surface area (Å²) in [6, 6.07) is 2.44. The maximum atomic E-state index is 14.3. The molecule has 2 fully saturated rings. The Balaban J connectivity index is 1.83. The van der Waals surface area contributed by atoms with Crippen molar-refractivity contribution in [2.75, 3.05) is 13.2 Å². The van der Waals surface area contributed by atoms with Crippen LogP contribution in [0.25, 0.3) is 0 Å². The highest BCUT2D eigenvalue weighted by atomic mass is 31.2. The predicted octanol–water partition coefficient (Wildman–Crippen LogP) is 3.91. The Labute approximate surface area is 204 Å². The lowest BCUT2D eigenvalue weighted by molar-refractivity contribution is -0.138. The average molecular weight is 509 g/mol. The van der Waals surface area contributed by atoms with Crippen molar-refractivity contribution in [1.29, 1.82) is 0 Å². The minimum atomic E-state index is -4.36. The highest BCUT2D eigenvalue weighted by Crippen LogP contribution is 2.71. The molecule has 2 amide bonds. The summed E-state index contributed by atoms with van der Waals surface area (Å²) in [5, 5.41) is 1.11. The number of halogens is 2. The smallest absolute Gasteiger partial charge is 0.243 e. The Morgan fingerprint density at radius 3 is 2.74 bits per heavy atom. The molecule has 0 spiro atoms. The Morgan fingerprint density at radius 1 is 1.37 bits per heavy atom. The number of amides is 2. The number of benzene rings is 1. The van der Waals surface area contributed by atoms with Gasteiger partial charge in [-0.3, -0.25) is 14.2 Å². The van der Waals surface area contributed by atoms with E-state index in [2.05, 4.69) is 17.2 Å². The van der Waals surface area contributed by atoms with Crippen LogP contribution in [0.2, 0.25) is 0 Å². The van der Waals surface area contributed by atoms with E-state index < -0.39 is 53.9 Å². The Bertz CT molecular complexity index is 1080. The average Bonchev–Trinajstić information content (AvgIpc) is 3.28. The number of carbonyl (C=O) groups excluding carboxylic acids is 2. The first kappa shape index (κ1) is 26.9. The van der Waals surface area contributed by atoms with Crippen LogP contribution in [-0.2, 0) is 25.1 Å². The first-order chi connectivity index (χ1) is 16.7. The molecule has 0 aromatic heterocycles. The van der Waals surface area contributed by atoms with Gasteiger partial charge >= 0.3 is 0 Å². The minimum absolute atomic E-state index is 0.110. The van der Waals surface area contributed by atoms with Crippen LogP contribution in [0.3, 0.4) is 0 Å². The summed E-state index contributed by atoms with van der Waals surface area (Å²) in [4.78, 5) is 38.5. The lowest BCUT2D eigenvalue weighted by Gasteiger charge is -2.29. The molecule has 2 aliphatic rings. The van der Waals surface area contributed by atoms with E-state index in [9.17, 15) is 27.8 Å². The van der Waals surface area contributed by atoms with Crippen LogP contribution >= 0.6 is 7.37 Å². The van der Waals surface area contributed by atoms with Gasteiger partial charge in [-0.15, -0.1) is 11.8 Å². The summed E-state index contributed by atoms with van der Waals surface area (Å²) in [7, 11) is -4.36. The molecule has 190 valence electrons. The Hall–Kier alpha value is -2.69. The molecule has 1 aliphatic heterocycles. The van der Waals surface area contributed by atoms with Gasteiger partial charge in [0, 0.05) is 30.9 Å². The van der Waals surface area contributed by atoms with Gasteiger partial charge in [0.05, 0.1) is 19.0 Å². The normalized spacial score (nSPS) is 25.0. The molecule has 2 N–H and O–H groups in total. The van der Waals surface area contributed by atoms with E-state index in [4.69, 9.17) is 4.74 Å². The second-order valence-electron chi connectivity index (χ2n) is 8.74. The fourth-order valence-corrected chi connectivity index (χ4v) is 6.88. The van der Waals surface area contributed by atoms with Gasteiger partial charge in [0.2, 0.25) is 19.2 Å². The third kappa shape index (κ3) is 5.94. The van der Waals surface area contributed by atoms with Crippen molar-refractivity contribution in [3.8, 4) is 11.8 Å². The van der Waals surface area contributed by atoms with E-state index in [-0.39, 0.29) is 18.7 Å². The van der Waals surface area contributed by atoms with E-state index in [1.807, 2.05) is 0 Å². The molecular formula is C25H31F2N2O5P. The van der Waals surface area contributed by atoms with Crippen molar-refractivity contribution in [3.05, 3.63) is 47.7 Å². The first-order valence-electron chi connectivity index (χ1n) is 11.7. The lowest BCUT2D eigenvalue weighted by Crippen LogP contribution is -2.50. The standard InChI is InChI=1S/C25H31F2N2O5P/c1-3-5-6-12-23(30)29-14-8-11-22(29)24(31)28-25(16-18(25)13-15-34-4-2)35(32,33)17-19-20(26)9-7-10-21(19)27/h7,9-10,13,15,18,22H,4,6,8,11-12,14,16-17H2,1-2H3,(H,28,31)(H,32,33)/b15-13-/t18-,22+,25+/m1/s1. The van der Waals surface area contributed by atoms with Crippen LogP contribution in [0.15, 0.2) is 30.5 Å². The first-order valence-corrected chi connectivity index (χ1v) is 13.6. The summed E-state index contributed by atoms with van der Waals surface area (Å²) in [6.07, 6.45) is 3.92. The van der Waals surface area contributed by atoms with Crippen LogP contribution in [0, 0.1) is 29.4 Å². The van der Waals surface area contributed by atoms with Gasteiger partial charge in [-0.2, -0.15) is 0 Å². The highest BCUT2D eigenvalue weighted by Gasteiger charge is 2.66. The number of hydrogen-bond acceptors (Lipinski definition) is 4. The number of rotatable bonds is 10. The number of ether oxygens (including phenoxy) is 1. The van der Waals surface area contributed by atoms with Gasteiger partial charge in [-0.1, -0.05) is 6.07 Å². The van der Waals surface area contributed by atoms with Gasteiger partial charge in [0.1, 0.15) is 23.0 Å². The van der Waals surface area contributed by atoms with Crippen LogP contribution in [0.5, 0.6) is 0 Å². The minimum Gasteiger partial charge on any atom is -0.502 e. The topological polar surface area (TPSA) is 95.9 Å². The molecule has 7 nitrogen and oxygen atoms in total. The molecule has 1 saturated heterocycles. The van der Waals surface area contributed by atoms with Crippen LogP contribution in [-0.4, -0.2) is 46.1 Å². The number of hydrogen-bond donors (Lipinski definition) is 2. The third-order valence-electron chi connectivity index (χ3n) is 6.47. The quantitative estimate of drug-likeness (QED) is 0.284. The fourth-order valence-electron chi connectivity index (χ4n) is 4.49. The van der Waals surface area contributed by atoms with Crippen molar-refractivity contribution in [2.24, 2.45) is 5.92 Å². The third-order valence-corrected chi connectivity index (χ3v) is 9.09. The molecule has 1 aromatic rings. The fraction of sp³-hybridized carbons (Fsp3) is 0.520. The van der Waals surface area contributed by atoms with E-state index in [0.29, 0.717) is 32.4 Å². The largest absolute Gasteiger partial charge is 0.502 e. The molecular weight excluding hydrogens is 477 g/mol. The zero-order valence-corrected chi connectivity index (χ0v) is 20.8. The second kappa shape index (κ2) is 11.4. The van der Waals surface area contributed by atoms with E-state index in [1.54, 1.807) is 19.9 Å². The molecule has 4 atom stereocenters.